The number of benzene rings is 3. The van der Waals surface area contributed by atoms with Gasteiger partial charge in [-0.05, 0) is 54.9 Å². The number of hydrogen-bond acceptors (Lipinski definition) is 5. The summed E-state index contributed by atoms with van der Waals surface area (Å²) in [7, 11) is 0. The molecule has 0 bridgehead atoms. The highest BCUT2D eigenvalue weighted by atomic mass is 19.1. The van der Waals surface area contributed by atoms with Crippen molar-refractivity contribution in [1.82, 2.24) is 9.88 Å². The van der Waals surface area contributed by atoms with E-state index in [1.165, 1.54) is 6.07 Å². The van der Waals surface area contributed by atoms with E-state index in [9.17, 15) is 9.18 Å². The Labute approximate surface area is 228 Å². The number of Topliss-reactive ketones (excluding diaryl/α,β-unsaturated/α-hetero) is 1. The molecule has 4 rings (SSSR count). The molecule has 0 aliphatic heterocycles. The quantitative estimate of drug-likeness (QED) is 0.137. The van der Waals surface area contributed by atoms with Crippen LogP contribution in [0.2, 0.25) is 0 Å². The molecule has 39 heavy (non-hydrogen) atoms. The number of aromatic nitrogens is 1. The first-order chi connectivity index (χ1) is 19.0. The molecule has 0 saturated carbocycles. The first-order valence-corrected chi connectivity index (χ1v) is 13.2. The number of nitrogens with zero attached hydrogens (tertiary/aromatic N) is 3. The first-order valence-electron chi connectivity index (χ1n) is 13.2. The molecule has 0 saturated heterocycles. The monoisotopic (exact) mass is 525 g/mol. The third kappa shape index (κ3) is 7.40. The summed E-state index contributed by atoms with van der Waals surface area (Å²) >= 11 is 0. The minimum absolute atomic E-state index is 0.00521. The number of carbonyl (C=O) groups is 1. The molecule has 0 amide bonds. The van der Waals surface area contributed by atoms with Gasteiger partial charge in [0.25, 0.3) is 0 Å². The van der Waals surface area contributed by atoms with Crippen LogP contribution in [0.4, 0.5) is 10.1 Å². The van der Waals surface area contributed by atoms with Crippen LogP contribution in [0, 0.1) is 12.4 Å². The van der Waals surface area contributed by atoms with Crippen LogP contribution in [0.3, 0.4) is 0 Å². The highest BCUT2D eigenvalue weighted by molar-refractivity contribution is 5.91. The second-order valence-electron chi connectivity index (χ2n) is 9.22. The van der Waals surface area contributed by atoms with E-state index in [-0.39, 0.29) is 18.6 Å². The first kappa shape index (κ1) is 27.7. The summed E-state index contributed by atoms with van der Waals surface area (Å²) in [6.45, 7) is 15.3. The summed E-state index contributed by atoms with van der Waals surface area (Å²) in [6, 6.07) is 19.0. The van der Waals surface area contributed by atoms with Crippen molar-refractivity contribution >= 4 is 22.4 Å². The van der Waals surface area contributed by atoms with Gasteiger partial charge in [-0.15, -0.1) is 0 Å². The Morgan fingerprint density at radius 2 is 1.79 bits per heavy atom. The zero-order valence-corrected chi connectivity index (χ0v) is 22.3. The van der Waals surface area contributed by atoms with Gasteiger partial charge in [0.15, 0.2) is 0 Å². The summed E-state index contributed by atoms with van der Waals surface area (Å²) in [6.07, 6.45) is 2.72. The summed E-state index contributed by atoms with van der Waals surface area (Å²) < 4.78 is 26.8. The van der Waals surface area contributed by atoms with Crippen molar-refractivity contribution in [2.45, 2.75) is 33.1 Å². The average Bonchev–Trinajstić information content (AvgIpc) is 2.95. The van der Waals surface area contributed by atoms with E-state index in [4.69, 9.17) is 16.0 Å². The molecule has 0 aliphatic rings. The minimum Gasteiger partial charge on any atom is -0.504 e. The van der Waals surface area contributed by atoms with Crippen LogP contribution >= 0.6 is 0 Å². The SMILES string of the molecule is [C-]#[N+]c1cc2c(Oc3ccc(CC(=O)Cc4ccccc4)c(F)c3)ccnc2cc1OCCCN(CC)CC. The lowest BCUT2D eigenvalue weighted by Gasteiger charge is -2.18. The zero-order valence-electron chi connectivity index (χ0n) is 22.3. The second-order valence-corrected chi connectivity index (χ2v) is 9.22. The molecule has 0 spiro atoms. The molecule has 0 unspecified atom stereocenters. The summed E-state index contributed by atoms with van der Waals surface area (Å²) in [5.41, 5.74) is 2.20. The van der Waals surface area contributed by atoms with E-state index >= 15 is 0 Å². The average molecular weight is 526 g/mol. The molecule has 0 fully saturated rings. The molecule has 6 nitrogen and oxygen atoms in total. The molecule has 200 valence electrons. The molecule has 1 aromatic heterocycles. The van der Waals surface area contributed by atoms with Crippen molar-refractivity contribution in [2.24, 2.45) is 0 Å². The van der Waals surface area contributed by atoms with Crippen LogP contribution in [0.15, 0.2) is 72.9 Å². The maximum atomic E-state index is 14.9. The number of hydrogen-bond donors (Lipinski definition) is 0. The van der Waals surface area contributed by atoms with E-state index < -0.39 is 5.82 Å². The van der Waals surface area contributed by atoms with E-state index in [0.29, 0.717) is 46.0 Å². The number of ketones is 1. The smallest absolute Gasteiger partial charge is 0.229 e. The molecule has 0 atom stereocenters. The standard InChI is InChI=1S/C32H32FN3O3/c1-4-36(5-2)16-9-17-38-32-22-29-27(21-30(32)34-3)31(14-15-35-29)39-26-13-12-24(28(33)20-26)19-25(37)18-23-10-7-6-8-11-23/h6-8,10-15,20-22H,4-5,9,16-19H2,1-2H3. The molecule has 4 aromatic rings. The van der Waals surface area contributed by atoms with Crippen LogP contribution in [0.25, 0.3) is 15.7 Å². The van der Waals surface area contributed by atoms with E-state index in [0.717, 1.165) is 31.6 Å². The van der Waals surface area contributed by atoms with E-state index in [2.05, 4.69) is 28.6 Å². The Balaban J connectivity index is 1.46. The maximum absolute atomic E-state index is 14.9. The number of halogens is 1. The number of fused-ring (bicyclic) bond motifs is 1. The number of carbonyl (C=O) groups excluding carboxylic acids is 1. The van der Waals surface area contributed by atoms with E-state index in [1.54, 1.807) is 36.5 Å². The lowest BCUT2D eigenvalue weighted by molar-refractivity contribution is -0.117. The molecule has 0 radical (unpaired) electrons. The van der Waals surface area contributed by atoms with Crippen molar-refractivity contribution in [3.63, 3.8) is 0 Å². The van der Waals surface area contributed by atoms with Crippen molar-refractivity contribution in [3.8, 4) is 17.2 Å². The fourth-order valence-corrected chi connectivity index (χ4v) is 4.40. The third-order valence-corrected chi connectivity index (χ3v) is 6.56. The number of rotatable bonds is 13. The fourth-order valence-electron chi connectivity index (χ4n) is 4.40. The van der Waals surface area contributed by atoms with Crippen LogP contribution in [-0.4, -0.2) is 41.9 Å². The summed E-state index contributed by atoms with van der Waals surface area (Å²) in [5, 5.41) is 0.626. The molecule has 1 heterocycles. The van der Waals surface area contributed by atoms with Crippen molar-refractivity contribution in [3.05, 3.63) is 101 Å². The lowest BCUT2D eigenvalue weighted by atomic mass is 10.0. The van der Waals surface area contributed by atoms with Crippen molar-refractivity contribution < 1.29 is 18.7 Å². The number of ether oxygens (including phenoxy) is 2. The van der Waals surface area contributed by atoms with Gasteiger partial charge >= 0.3 is 0 Å². The molecular formula is C32H32FN3O3. The Bertz CT molecular complexity index is 1460. The van der Waals surface area contributed by atoms with Crippen LogP contribution in [0.1, 0.15) is 31.4 Å². The van der Waals surface area contributed by atoms with Crippen LogP contribution < -0.4 is 9.47 Å². The Morgan fingerprint density at radius 3 is 2.51 bits per heavy atom. The largest absolute Gasteiger partial charge is 0.504 e. The second kappa shape index (κ2) is 13.5. The van der Waals surface area contributed by atoms with Gasteiger partial charge in [-0.1, -0.05) is 50.2 Å². The summed E-state index contributed by atoms with van der Waals surface area (Å²) in [5.74, 6) is 0.657. The molecular weight excluding hydrogens is 493 g/mol. The normalized spacial score (nSPS) is 10.9. The van der Waals surface area contributed by atoms with Crippen LogP contribution in [0.5, 0.6) is 17.2 Å². The lowest BCUT2D eigenvalue weighted by Crippen LogP contribution is -2.25. The highest BCUT2D eigenvalue weighted by Gasteiger charge is 2.14. The van der Waals surface area contributed by atoms with Crippen molar-refractivity contribution in [1.29, 1.82) is 0 Å². The Kier molecular flexibility index (Phi) is 9.60. The fraction of sp³-hybridized carbons (Fsp3) is 0.281. The van der Waals surface area contributed by atoms with Gasteiger partial charge in [0.1, 0.15) is 28.8 Å². The predicted molar refractivity (Wildman–Crippen MR) is 151 cm³/mol. The van der Waals surface area contributed by atoms with Gasteiger partial charge in [-0.3, -0.25) is 9.78 Å². The van der Waals surface area contributed by atoms with Gasteiger partial charge < -0.3 is 14.4 Å². The maximum Gasteiger partial charge on any atom is 0.229 e. The minimum atomic E-state index is -0.505. The molecule has 3 aromatic carbocycles. The molecule has 0 aliphatic carbocycles. The van der Waals surface area contributed by atoms with Crippen molar-refractivity contribution in [2.75, 3.05) is 26.2 Å². The summed E-state index contributed by atoms with van der Waals surface area (Å²) in [4.78, 5) is 22.8. The Morgan fingerprint density at radius 1 is 1.00 bits per heavy atom. The van der Waals surface area contributed by atoms with Gasteiger partial charge in [0.2, 0.25) is 5.69 Å². The topological polar surface area (TPSA) is 56.0 Å². The van der Waals surface area contributed by atoms with Crippen LogP contribution in [-0.2, 0) is 17.6 Å². The Hall–Kier alpha value is -4.28. The molecule has 7 heteroatoms. The predicted octanol–water partition coefficient (Wildman–Crippen LogP) is 7.18. The van der Waals surface area contributed by atoms with E-state index in [1.807, 2.05) is 30.3 Å². The zero-order chi connectivity index (χ0) is 27.6. The van der Waals surface area contributed by atoms with Gasteiger partial charge in [-0.25, -0.2) is 9.24 Å². The highest BCUT2D eigenvalue weighted by Crippen LogP contribution is 2.37. The molecule has 0 N–H and O–H groups in total. The van der Waals surface area contributed by atoms with Gasteiger partial charge in [-0.2, -0.15) is 0 Å². The van der Waals surface area contributed by atoms with Gasteiger partial charge in [0, 0.05) is 37.0 Å². The third-order valence-electron chi connectivity index (χ3n) is 6.56. The number of pyridine rings is 1. The van der Waals surface area contributed by atoms with Gasteiger partial charge in [0.05, 0.1) is 18.7 Å².